The van der Waals surface area contributed by atoms with Crippen LogP contribution < -0.4 is 10.1 Å². The fraction of sp³-hybridized carbons (Fsp3) is 0.310. The van der Waals surface area contributed by atoms with Gasteiger partial charge in [0.1, 0.15) is 17.6 Å². The molecule has 0 heterocycles. The van der Waals surface area contributed by atoms with E-state index >= 15 is 0 Å². The standard InChI is InChI=1S/C29H33FN2O3/c1-21(2)18-31-29(34)27(17-23-9-5-4-6-10-23)32(19-24-11-7-8-22(3)16-24)28(33)20-35-26-14-12-25(30)13-15-26/h4-16,21,27H,17-20H2,1-3H3,(H,31,34). The fourth-order valence-electron chi connectivity index (χ4n) is 3.74. The molecular formula is C29H33FN2O3. The molecule has 0 fully saturated rings. The highest BCUT2D eigenvalue weighted by molar-refractivity contribution is 5.88. The molecule has 0 spiro atoms. The van der Waals surface area contributed by atoms with Gasteiger partial charge >= 0.3 is 0 Å². The van der Waals surface area contributed by atoms with Crippen molar-refractivity contribution < 1.29 is 18.7 Å². The van der Waals surface area contributed by atoms with Crippen LogP contribution in [-0.4, -0.2) is 35.9 Å². The summed E-state index contributed by atoms with van der Waals surface area (Å²) < 4.78 is 18.9. The van der Waals surface area contributed by atoms with Crippen molar-refractivity contribution in [3.8, 4) is 5.75 Å². The largest absolute Gasteiger partial charge is 0.484 e. The van der Waals surface area contributed by atoms with Crippen molar-refractivity contribution in [3.63, 3.8) is 0 Å². The minimum atomic E-state index is -0.721. The first-order valence-corrected chi connectivity index (χ1v) is 11.9. The number of carbonyl (C=O) groups excluding carboxylic acids is 2. The van der Waals surface area contributed by atoms with Gasteiger partial charge in [0.25, 0.3) is 5.91 Å². The van der Waals surface area contributed by atoms with Gasteiger partial charge in [0.05, 0.1) is 0 Å². The quantitative estimate of drug-likeness (QED) is 0.427. The Balaban J connectivity index is 1.89. The van der Waals surface area contributed by atoms with Crippen LogP contribution in [0.1, 0.15) is 30.5 Å². The van der Waals surface area contributed by atoms with Crippen LogP contribution in [-0.2, 0) is 22.6 Å². The molecule has 1 N–H and O–H groups in total. The maximum Gasteiger partial charge on any atom is 0.261 e. The molecule has 6 heteroatoms. The summed E-state index contributed by atoms with van der Waals surface area (Å²) in [5, 5.41) is 3.00. The Morgan fingerprint density at radius 2 is 1.63 bits per heavy atom. The fourth-order valence-corrected chi connectivity index (χ4v) is 3.74. The number of hydrogen-bond acceptors (Lipinski definition) is 3. The zero-order valence-electron chi connectivity index (χ0n) is 20.5. The molecule has 0 aliphatic heterocycles. The second-order valence-electron chi connectivity index (χ2n) is 9.10. The van der Waals surface area contributed by atoms with Gasteiger partial charge in [-0.3, -0.25) is 9.59 Å². The molecule has 2 amide bonds. The molecule has 35 heavy (non-hydrogen) atoms. The van der Waals surface area contributed by atoms with Crippen molar-refractivity contribution in [2.24, 2.45) is 5.92 Å². The number of amides is 2. The Morgan fingerprint density at radius 1 is 0.943 bits per heavy atom. The maximum absolute atomic E-state index is 13.5. The number of rotatable bonds is 11. The van der Waals surface area contributed by atoms with Gasteiger partial charge in [-0.15, -0.1) is 0 Å². The molecule has 0 saturated carbocycles. The van der Waals surface area contributed by atoms with Gasteiger partial charge in [0, 0.05) is 19.5 Å². The normalized spacial score (nSPS) is 11.7. The summed E-state index contributed by atoms with van der Waals surface area (Å²) in [7, 11) is 0. The van der Waals surface area contributed by atoms with E-state index in [0.717, 1.165) is 16.7 Å². The first kappa shape index (κ1) is 25.9. The van der Waals surface area contributed by atoms with Gasteiger partial charge in [-0.1, -0.05) is 74.0 Å². The molecule has 1 unspecified atom stereocenters. The number of ether oxygens (including phenoxy) is 1. The van der Waals surface area contributed by atoms with Crippen molar-refractivity contribution in [3.05, 3.63) is 101 Å². The average molecular weight is 477 g/mol. The molecule has 184 valence electrons. The highest BCUT2D eigenvalue weighted by Gasteiger charge is 2.30. The number of hydrogen-bond donors (Lipinski definition) is 1. The third kappa shape index (κ3) is 8.25. The lowest BCUT2D eigenvalue weighted by Crippen LogP contribution is -2.52. The highest BCUT2D eigenvalue weighted by Crippen LogP contribution is 2.17. The number of nitrogens with one attached hydrogen (secondary N) is 1. The lowest BCUT2D eigenvalue weighted by molar-refractivity contribution is -0.142. The number of carbonyl (C=O) groups is 2. The van der Waals surface area contributed by atoms with Crippen molar-refractivity contribution in [2.45, 2.75) is 39.8 Å². The predicted octanol–water partition coefficient (Wildman–Crippen LogP) is 4.93. The molecule has 3 rings (SSSR count). The third-order valence-electron chi connectivity index (χ3n) is 5.57. The molecule has 0 aromatic heterocycles. The molecule has 3 aromatic rings. The summed E-state index contributed by atoms with van der Waals surface area (Å²) in [5.74, 6) is -0.241. The first-order chi connectivity index (χ1) is 16.8. The molecule has 0 aliphatic rings. The average Bonchev–Trinajstić information content (AvgIpc) is 2.85. The Bertz CT molecular complexity index is 1100. The van der Waals surface area contributed by atoms with Crippen molar-refractivity contribution in [1.82, 2.24) is 10.2 Å². The van der Waals surface area contributed by atoms with E-state index < -0.39 is 6.04 Å². The molecule has 5 nitrogen and oxygen atoms in total. The van der Waals surface area contributed by atoms with Crippen LogP contribution in [0.2, 0.25) is 0 Å². The summed E-state index contributed by atoms with van der Waals surface area (Å²) in [6.45, 7) is 6.56. The van der Waals surface area contributed by atoms with E-state index in [2.05, 4.69) is 5.32 Å². The molecule has 1 atom stereocenters. The van der Waals surface area contributed by atoms with E-state index in [1.807, 2.05) is 75.4 Å². The zero-order valence-corrected chi connectivity index (χ0v) is 20.5. The lowest BCUT2D eigenvalue weighted by atomic mass is 10.0. The number of aryl methyl sites for hydroxylation is 1. The zero-order chi connectivity index (χ0) is 25.2. The second-order valence-corrected chi connectivity index (χ2v) is 9.10. The highest BCUT2D eigenvalue weighted by atomic mass is 19.1. The number of benzene rings is 3. The molecule has 0 radical (unpaired) electrons. The smallest absolute Gasteiger partial charge is 0.261 e. The van der Waals surface area contributed by atoms with E-state index in [-0.39, 0.29) is 36.7 Å². The molecule has 0 bridgehead atoms. The van der Waals surface area contributed by atoms with Gasteiger partial charge in [-0.25, -0.2) is 4.39 Å². The van der Waals surface area contributed by atoms with Crippen molar-refractivity contribution >= 4 is 11.8 Å². The lowest BCUT2D eigenvalue weighted by Gasteiger charge is -2.31. The van der Waals surface area contributed by atoms with Gasteiger partial charge in [0.2, 0.25) is 5.91 Å². The topological polar surface area (TPSA) is 58.6 Å². The minimum absolute atomic E-state index is 0.203. The Labute approximate surface area is 206 Å². The van der Waals surface area contributed by atoms with Crippen molar-refractivity contribution in [1.29, 1.82) is 0 Å². The molecule has 0 saturated heterocycles. The SMILES string of the molecule is Cc1cccc(CN(C(=O)COc2ccc(F)cc2)C(Cc2ccccc2)C(=O)NCC(C)C)c1. The van der Waals surface area contributed by atoms with E-state index in [0.29, 0.717) is 18.7 Å². The number of nitrogens with zero attached hydrogens (tertiary/aromatic N) is 1. The monoisotopic (exact) mass is 476 g/mol. The molecule has 0 aliphatic carbocycles. The maximum atomic E-state index is 13.5. The van der Waals surface area contributed by atoms with Gasteiger partial charge in [-0.2, -0.15) is 0 Å². The summed E-state index contributed by atoms with van der Waals surface area (Å²) in [4.78, 5) is 28.5. The predicted molar refractivity (Wildman–Crippen MR) is 135 cm³/mol. The van der Waals surface area contributed by atoms with E-state index in [4.69, 9.17) is 4.74 Å². The summed E-state index contributed by atoms with van der Waals surface area (Å²) in [6.07, 6.45) is 0.374. The second kappa shape index (κ2) is 12.7. The van der Waals surface area contributed by atoms with E-state index in [9.17, 15) is 14.0 Å². The van der Waals surface area contributed by atoms with Crippen LogP contribution in [0, 0.1) is 18.7 Å². The Hall–Kier alpha value is -3.67. The van der Waals surface area contributed by atoms with Gasteiger partial charge < -0.3 is 15.0 Å². The van der Waals surface area contributed by atoms with Gasteiger partial charge in [0.15, 0.2) is 6.61 Å². The number of halogens is 1. The van der Waals surface area contributed by atoms with Crippen molar-refractivity contribution in [2.75, 3.05) is 13.2 Å². The molecular weight excluding hydrogens is 443 g/mol. The summed E-state index contributed by atoms with van der Waals surface area (Å²) in [5.41, 5.74) is 2.95. The van der Waals surface area contributed by atoms with Crippen LogP contribution in [0.25, 0.3) is 0 Å². The van der Waals surface area contributed by atoms with Gasteiger partial charge in [-0.05, 0) is 48.2 Å². The minimum Gasteiger partial charge on any atom is -0.484 e. The third-order valence-corrected chi connectivity index (χ3v) is 5.57. The Kier molecular flexibility index (Phi) is 9.41. The Morgan fingerprint density at radius 3 is 2.29 bits per heavy atom. The van der Waals surface area contributed by atoms with E-state index in [1.54, 1.807) is 4.90 Å². The van der Waals surface area contributed by atoms with Crippen LogP contribution in [0.5, 0.6) is 5.75 Å². The van der Waals surface area contributed by atoms with E-state index in [1.165, 1.54) is 24.3 Å². The summed E-state index contributed by atoms with van der Waals surface area (Å²) in [6, 6.07) is 22.3. The van der Waals surface area contributed by atoms with Crippen LogP contribution in [0.4, 0.5) is 4.39 Å². The van der Waals surface area contributed by atoms with Crippen LogP contribution in [0.15, 0.2) is 78.9 Å². The summed E-state index contributed by atoms with van der Waals surface area (Å²) >= 11 is 0. The van der Waals surface area contributed by atoms with Crippen LogP contribution >= 0.6 is 0 Å². The van der Waals surface area contributed by atoms with Crippen LogP contribution in [0.3, 0.4) is 0 Å². The first-order valence-electron chi connectivity index (χ1n) is 11.9. The molecule has 3 aromatic carbocycles.